The van der Waals surface area contributed by atoms with Crippen molar-refractivity contribution >= 4 is 56.7 Å². The van der Waals surface area contributed by atoms with E-state index in [0.29, 0.717) is 25.9 Å². The highest BCUT2D eigenvalue weighted by atomic mass is 32.2. The van der Waals surface area contributed by atoms with Crippen molar-refractivity contribution in [3.8, 4) is 21.7 Å². The Labute approximate surface area is 223 Å². The van der Waals surface area contributed by atoms with Gasteiger partial charge in [-0.3, -0.25) is 19.5 Å². The lowest BCUT2D eigenvalue weighted by molar-refractivity contribution is -0.113. The van der Waals surface area contributed by atoms with Crippen LogP contribution in [0.3, 0.4) is 0 Å². The highest BCUT2D eigenvalue weighted by molar-refractivity contribution is 7.99. The normalized spacial score (nSPS) is 11.1. The molecule has 186 valence electrons. The number of thiophene rings is 1. The Hall–Kier alpha value is -3.67. The van der Waals surface area contributed by atoms with Crippen molar-refractivity contribution in [2.24, 2.45) is 0 Å². The number of nitrogens with zero attached hydrogens (tertiary/aromatic N) is 4. The van der Waals surface area contributed by atoms with Crippen LogP contribution in [0.15, 0.2) is 76.5 Å². The molecule has 3 aromatic heterocycles. The highest BCUT2D eigenvalue weighted by Gasteiger charge is 2.18. The Morgan fingerprint density at radius 2 is 1.86 bits per heavy atom. The van der Waals surface area contributed by atoms with Crippen LogP contribution in [0.4, 0.5) is 10.3 Å². The number of allylic oxidation sites excluding steroid dienone is 1. The minimum absolute atomic E-state index is 0.0182. The number of hydrogen-bond donors (Lipinski definition) is 1. The van der Waals surface area contributed by atoms with Crippen LogP contribution in [0.1, 0.15) is 5.56 Å². The van der Waals surface area contributed by atoms with Gasteiger partial charge in [0.2, 0.25) is 11.9 Å². The molecule has 37 heavy (non-hydrogen) atoms. The average Bonchev–Trinajstić information content (AvgIpc) is 3.53. The minimum Gasteiger partial charge on any atom is -0.293 e. The highest BCUT2D eigenvalue weighted by Crippen LogP contribution is 2.32. The number of carbonyl (C=O) groups is 1. The molecule has 0 saturated heterocycles. The summed E-state index contributed by atoms with van der Waals surface area (Å²) in [7, 11) is 0. The van der Waals surface area contributed by atoms with Crippen LogP contribution in [0.25, 0.3) is 31.9 Å². The van der Waals surface area contributed by atoms with Gasteiger partial charge in [-0.25, -0.2) is 9.37 Å². The number of benzene rings is 2. The van der Waals surface area contributed by atoms with E-state index < -0.39 is 0 Å². The molecule has 11 heteroatoms. The molecule has 0 radical (unpaired) electrons. The van der Waals surface area contributed by atoms with E-state index in [2.05, 4.69) is 26.2 Å². The van der Waals surface area contributed by atoms with Gasteiger partial charge in [-0.05, 0) is 36.2 Å². The lowest BCUT2D eigenvalue weighted by atomic mass is 10.1. The molecule has 0 atom stereocenters. The topological polar surface area (TPSA) is 89.8 Å². The van der Waals surface area contributed by atoms with E-state index in [1.54, 1.807) is 18.2 Å². The smallest absolute Gasteiger partial charge is 0.263 e. The summed E-state index contributed by atoms with van der Waals surface area (Å²) in [6, 6.07) is 13.9. The molecule has 2 aromatic carbocycles. The maximum absolute atomic E-state index is 13.4. The van der Waals surface area contributed by atoms with Crippen LogP contribution in [0.5, 0.6) is 0 Å². The van der Waals surface area contributed by atoms with E-state index in [4.69, 9.17) is 0 Å². The minimum atomic E-state index is -0.346. The molecule has 7 nitrogen and oxygen atoms in total. The second-order valence-corrected chi connectivity index (χ2v) is 10.6. The number of aryl methyl sites for hydroxylation is 1. The number of aromatic nitrogens is 4. The molecule has 1 amide bonds. The van der Waals surface area contributed by atoms with E-state index in [1.165, 1.54) is 39.6 Å². The van der Waals surface area contributed by atoms with Gasteiger partial charge < -0.3 is 0 Å². The first-order valence-electron chi connectivity index (χ1n) is 11.1. The molecule has 0 aliphatic rings. The second kappa shape index (κ2) is 10.8. The second-order valence-electron chi connectivity index (χ2n) is 8.06. The molecule has 1 N–H and O–H groups in total. The summed E-state index contributed by atoms with van der Waals surface area (Å²) in [6.45, 7) is 5.99. The van der Waals surface area contributed by atoms with Crippen molar-refractivity contribution in [2.45, 2.75) is 18.6 Å². The lowest BCUT2D eigenvalue weighted by Crippen LogP contribution is -2.23. The number of anilines is 1. The number of rotatable bonds is 8. The van der Waals surface area contributed by atoms with Gasteiger partial charge in [-0.2, -0.15) is 9.36 Å². The molecule has 0 saturated carbocycles. The molecular formula is C26H20FN5O2S3. The number of nitrogens with one attached hydrogen (secondary N) is 1. The predicted octanol–water partition coefficient (Wildman–Crippen LogP) is 6.01. The van der Waals surface area contributed by atoms with Crippen molar-refractivity contribution < 1.29 is 9.18 Å². The molecule has 0 aliphatic heterocycles. The fourth-order valence-electron chi connectivity index (χ4n) is 3.63. The summed E-state index contributed by atoms with van der Waals surface area (Å²) in [5, 5.41) is 6.13. The molecule has 5 aromatic rings. The molecule has 0 aliphatic carbocycles. The third-order valence-electron chi connectivity index (χ3n) is 5.43. The van der Waals surface area contributed by atoms with Gasteiger partial charge in [0.15, 0.2) is 5.16 Å². The van der Waals surface area contributed by atoms with Gasteiger partial charge in [0, 0.05) is 23.1 Å². The largest absolute Gasteiger partial charge is 0.293 e. The molecule has 0 unspecified atom stereocenters. The number of carbonyl (C=O) groups excluding carboxylic acids is 1. The van der Waals surface area contributed by atoms with Crippen molar-refractivity contribution in [1.29, 1.82) is 0 Å². The van der Waals surface area contributed by atoms with Crippen LogP contribution < -0.4 is 10.9 Å². The number of thioether (sulfide) groups is 1. The molecule has 0 bridgehead atoms. The number of fused-ring (bicyclic) bond motifs is 1. The summed E-state index contributed by atoms with van der Waals surface area (Å²) in [5.41, 5.74) is 3.27. The predicted molar refractivity (Wildman–Crippen MR) is 149 cm³/mol. The molecule has 3 heterocycles. The lowest BCUT2D eigenvalue weighted by Gasteiger charge is -2.10. The standard InChI is InChI=1S/C26H20FN5O2S3/c1-3-12-32-24(34)21-19(16-8-10-18(27)11-9-16)13-35-23(21)30-26(32)36-14-20(33)28-25-29-22(37-31-25)17-6-4-15(2)5-7-17/h3-11,13H,1,12,14H2,2H3,(H,28,31,33). The van der Waals surface area contributed by atoms with Crippen molar-refractivity contribution in [2.75, 3.05) is 11.1 Å². The third-order valence-corrected chi connectivity index (χ3v) is 8.05. The van der Waals surface area contributed by atoms with Gasteiger partial charge in [0.1, 0.15) is 15.7 Å². The van der Waals surface area contributed by atoms with E-state index in [1.807, 2.05) is 36.6 Å². The summed E-state index contributed by atoms with van der Waals surface area (Å²) in [6.07, 6.45) is 1.61. The van der Waals surface area contributed by atoms with Crippen LogP contribution in [-0.4, -0.2) is 30.6 Å². The van der Waals surface area contributed by atoms with E-state index in [0.717, 1.165) is 28.5 Å². The third kappa shape index (κ3) is 5.38. The average molecular weight is 550 g/mol. The zero-order valence-corrected chi connectivity index (χ0v) is 22.1. The molecule has 0 spiro atoms. The van der Waals surface area contributed by atoms with Gasteiger partial charge in [-0.1, -0.05) is 59.8 Å². The first-order chi connectivity index (χ1) is 17.9. The van der Waals surface area contributed by atoms with E-state index in [-0.39, 0.29) is 35.5 Å². The Balaban J connectivity index is 1.35. The van der Waals surface area contributed by atoms with E-state index >= 15 is 0 Å². The van der Waals surface area contributed by atoms with Crippen LogP contribution in [0.2, 0.25) is 0 Å². The maximum atomic E-state index is 13.4. The number of amides is 1. The zero-order chi connectivity index (χ0) is 25.9. The fraction of sp³-hybridized carbons (Fsp3) is 0.115. The quantitative estimate of drug-likeness (QED) is 0.145. The van der Waals surface area contributed by atoms with Crippen LogP contribution >= 0.6 is 34.6 Å². The summed E-state index contributed by atoms with van der Waals surface area (Å²) in [4.78, 5) is 35.7. The monoisotopic (exact) mass is 549 g/mol. The Bertz CT molecular complexity index is 1660. The summed E-state index contributed by atoms with van der Waals surface area (Å²) in [5.74, 6) is -0.400. The number of hydrogen-bond acceptors (Lipinski definition) is 8. The summed E-state index contributed by atoms with van der Waals surface area (Å²) >= 11 is 3.69. The van der Waals surface area contributed by atoms with Gasteiger partial charge >= 0.3 is 0 Å². The molecular weight excluding hydrogens is 530 g/mol. The summed E-state index contributed by atoms with van der Waals surface area (Å²) < 4.78 is 19.1. The number of halogens is 1. The Morgan fingerprint density at radius 1 is 1.14 bits per heavy atom. The zero-order valence-electron chi connectivity index (χ0n) is 19.6. The van der Waals surface area contributed by atoms with E-state index in [9.17, 15) is 14.0 Å². The first kappa shape index (κ1) is 25.0. The van der Waals surface area contributed by atoms with Crippen molar-refractivity contribution in [3.05, 3.63) is 88.3 Å². The van der Waals surface area contributed by atoms with Gasteiger partial charge in [-0.15, -0.1) is 17.9 Å². The Kier molecular flexibility index (Phi) is 7.26. The van der Waals surface area contributed by atoms with Crippen molar-refractivity contribution in [3.63, 3.8) is 0 Å². The fourth-order valence-corrected chi connectivity index (χ4v) is 6.05. The molecule has 0 fully saturated rings. The van der Waals surface area contributed by atoms with Crippen molar-refractivity contribution in [1.82, 2.24) is 18.9 Å². The van der Waals surface area contributed by atoms with Crippen LogP contribution in [0, 0.1) is 12.7 Å². The first-order valence-corrected chi connectivity index (χ1v) is 13.8. The maximum Gasteiger partial charge on any atom is 0.263 e. The van der Waals surface area contributed by atoms with Gasteiger partial charge in [0.25, 0.3) is 5.56 Å². The van der Waals surface area contributed by atoms with Crippen LogP contribution in [-0.2, 0) is 11.3 Å². The Morgan fingerprint density at radius 3 is 2.59 bits per heavy atom. The SMILES string of the molecule is C=CCn1c(SCC(=O)Nc2nsc(-c3ccc(C)cc3)n2)nc2scc(-c3ccc(F)cc3)c2c1=O. The molecule has 5 rings (SSSR count). The van der Waals surface area contributed by atoms with Gasteiger partial charge in [0.05, 0.1) is 11.1 Å².